The second-order valence-electron chi connectivity index (χ2n) is 5.00. The van der Waals surface area contributed by atoms with Gasteiger partial charge in [0.15, 0.2) is 5.76 Å². The maximum atomic E-state index is 12.9. The molecule has 0 bridgehead atoms. The van der Waals surface area contributed by atoms with Gasteiger partial charge in [-0.15, -0.1) is 0 Å². The number of rotatable bonds is 3. The summed E-state index contributed by atoms with van der Waals surface area (Å²) in [6.07, 6.45) is 2.13. The molecule has 3 rings (SSSR count). The molecular formula is C15H16FN3O2. The number of halogens is 1. The van der Waals surface area contributed by atoms with Gasteiger partial charge in [0.25, 0.3) is 0 Å². The highest BCUT2D eigenvalue weighted by molar-refractivity contribution is 5.76. The van der Waals surface area contributed by atoms with Gasteiger partial charge < -0.3 is 9.73 Å². The fourth-order valence-electron chi connectivity index (χ4n) is 2.29. The molecular weight excluding hydrogens is 273 g/mol. The smallest absolute Gasteiger partial charge is 0.221 e. The van der Waals surface area contributed by atoms with Crippen LogP contribution < -0.4 is 5.32 Å². The van der Waals surface area contributed by atoms with E-state index in [1.165, 1.54) is 12.1 Å². The van der Waals surface area contributed by atoms with Gasteiger partial charge in [-0.3, -0.25) is 9.69 Å². The van der Waals surface area contributed by atoms with E-state index >= 15 is 0 Å². The summed E-state index contributed by atoms with van der Waals surface area (Å²) >= 11 is 0. The molecule has 0 spiro atoms. The van der Waals surface area contributed by atoms with Crippen LogP contribution in [0.1, 0.15) is 12.3 Å². The molecule has 1 aliphatic rings. The predicted molar refractivity (Wildman–Crippen MR) is 74.8 cm³/mol. The lowest BCUT2D eigenvalue weighted by molar-refractivity contribution is -0.120. The summed E-state index contributed by atoms with van der Waals surface area (Å²) in [6.45, 7) is 2.68. The molecule has 0 atom stereocenters. The number of hydrogen-bond donors (Lipinski definition) is 1. The van der Waals surface area contributed by atoms with Crippen LogP contribution in [0, 0.1) is 5.82 Å². The van der Waals surface area contributed by atoms with Gasteiger partial charge in [-0.25, -0.2) is 9.37 Å². The first-order chi connectivity index (χ1) is 10.2. The van der Waals surface area contributed by atoms with Crippen molar-refractivity contribution >= 4 is 5.91 Å². The summed E-state index contributed by atoms with van der Waals surface area (Å²) in [4.78, 5) is 17.7. The zero-order valence-electron chi connectivity index (χ0n) is 11.5. The molecule has 2 heterocycles. The molecule has 1 fully saturated rings. The predicted octanol–water partition coefficient (Wildman–Crippen LogP) is 1.80. The molecule has 1 N–H and O–H groups in total. The number of carbonyl (C=O) groups excluding carboxylic acids is 1. The monoisotopic (exact) mass is 289 g/mol. The summed E-state index contributed by atoms with van der Waals surface area (Å²) in [5, 5.41) is 2.83. The van der Waals surface area contributed by atoms with Gasteiger partial charge in [-0.2, -0.15) is 0 Å². The van der Waals surface area contributed by atoms with Crippen LogP contribution in [-0.2, 0) is 11.3 Å². The quantitative estimate of drug-likeness (QED) is 0.936. The maximum Gasteiger partial charge on any atom is 0.221 e. The van der Waals surface area contributed by atoms with Crippen LogP contribution in [0.4, 0.5) is 4.39 Å². The lowest BCUT2D eigenvalue weighted by Crippen LogP contribution is -2.28. The molecule has 0 aliphatic carbocycles. The Balaban J connectivity index is 1.67. The summed E-state index contributed by atoms with van der Waals surface area (Å²) in [7, 11) is 0. The van der Waals surface area contributed by atoms with Gasteiger partial charge in [0.1, 0.15) is 5.82 Å². The number of nitrogens with one attached hydrogen (secondary N) is 1. The average Bonchev–Trinajstić information content (AvgIpc) is 2.84. The van der Waals surface area contributed by atoms with Crippen molar-refractivity contribution in [1.29, 1.82) is 0 Å². The number of oxazole rings is 1. The third kappa shape index (κ3) is 3.46. The van der Waals surface area contributed by atoms with Crippen LogP contribution in [-0.4, -0.2) is 35.4 Å². The Hall–Kier alpha value is -2.21. The van der Waals surface area contributed by atoms with Crippen molar-refractivity contribution in [2.24, 2.45) is 0 Å². The lowest BCUT2D eigenvalue weighted by atomic mass is 10.2. The fourth-order valence-corrected chi connectivity index (χ4v) is 2.29. The first kappa shape index (κ1) is 13.8. The van der Waals surface area contributed by atoms with Crippen molar-refractivity contribution in [3.8, 4) is 11.3 Å². The van der Waals surface area contributed by atoms with Crippen molar-refractivity contribution in [3.63, 3.8) is 0 Å². The summed E-state index contributed by atoms with van der Waals surface area (Å²) in [5.74, 6) is 1.02. The average molecular weight is 289 g/mol. The van der Waals surface area contributed by atoms with E-state index in [0.29, 0.717) is 37.7 Å². The van der Waals surface area contributed by atoms with Gasteiger partial charge >= 0.3 is 0 Å². The number of carbonyl (C=O) groups is 1. The third-order valence-electron chi connectivity index (χ3n) is 3.45. The van der Waals surface area contributed by atoms with Gasteiger partial charge in [0.2, 0.25) is 11.8 Å². The Morgan fingerprint density at radius 1 is 1.29 bits per heavy atom. The molecule has 6 heteroatoms. The highest BCUT2D eigenvalue weighted by atomic mass is 19.1. The minimum absolute atomic E-state index is 0.0805. The van der Waals surface area contributed by atoms with E-state index in [4.69, 9.17) is 4.42 Å². The minimum atomic E-state index is -0.278. The van der Waals surface area contributed by atoms with E-state index in [9.17, 15) is 9.18 Å². The Bertz CT molecular complexity index is 624. The molecule has 1 amide bonds. The maximum absolute atomic E-state index is 12.9. The van der Waals surface area contributed by atoms with Crippen LogP contribution in [0.2, 0.25) is 0 Å². The molecule has 5 nitrogen and oxygen atoms in total. The Labute approximate surface area is 121 Å². The zero-order chi connectivity index (χ0) is 14.7. The Morgan fingerprint density at radius 2 is 2.10 bits per heavy atom. The van der Waals surface area contributed by atoms with E-state index < -0.39 is 0 Å². The summed E-state index contributed by atoms with van der Waals surface area (Å²) < 4.78 is 18.6. The normalized spacial score (nSPS) is 16.5. The van der Waals surface area contributed by atoms with Crippen LogP contribution in [0.15, 0.2) is 34.9 Å². The van der Waals surface area contributed by atoms with Crippen LogP contribution in [0.3, 0.4) is 0 Å². The minimum Gasteiger partial charge on any atom is -0.439 e. The van der Waals surface area contributed by atoms with Crippen molar-refractivity contribution in [1.82, 2.24) is 15.2 Å². The van der Waals surface area contributed by atoms with Crippen LogP contribution in [0.5, 0.6) is 0 Å². The summed E-state index contributed by atoms with van der Waals surface area (Å²) in [6, 6.07) is 6.11. The SMILES string of the molecule is O=C1CCN(Cc2ncc(-c3ccc(F)cc3)o2)CCN1. The Kier molecular flexibility index (Phi) is 3.96. The molecule has 2 aromatic rings. The molecule has 1 aromatic carbocycles. The van der Waals surface area contributed by atoms with Crippen molar-refractivity contribution in [3.05, 3.63) is 42.2 Å². The standard InChI is InChI=1S/C15H16FN3O2/c16-12-3-1-11(2-4-12)13-9-18-15(21-13)10-19-7-5-14(20)17-6-8-19/h1-4,9H,5-8,10H2,(H,17,20). The molecule has 1 aromatic heterocycles. The molecule has 0 saturated carbocycles. The zero-order valence-corrected chi connectivity index (χ0v) is 11.5. The molecule has 0 radical (unpaired) electrons. The van der Waals surface area contributed by atoms with E-state index in [0.717, 1.165) is 12.1 Å². The molecule has 1 aliphatic heterocycles. The first-order valence-corrected chi connectivity index (χ1v) is 6.90. The second-order valence-corrected chi connectivity index (χ2v) is 5.00. The number of nitrogens with zero attached hydrogens (tertiary/aromatic N) is 2. The van der Waals surface area contributed by atoms with Crippen molar-refractivity contribution < 1.29 is 13.6 Å². The van der Waals surface area contributed by atoms with Crippen LogP contribution >= 0.6 is 0 Å². The fraction of sp³-hybridized carbons (Fsp3) is 0.333. The number of amides is 1. The van der Waals surface area contributed by atoms with Gasteiger partial charge in [-0.05, 0) is 24.3 Å². The van der Waals surface area contributed by atoms with Gasteiger partial charge in [0.05, 0.1) is 12.7 Å². The van der Waals surface area contributed by atoms with Crippen molar-refractivity contribution in [2.75, 3.05) is 19.6 Å². The number of hydrogen-bond acceptors (Lipinski definition) is 4. The first-order valence-electron chi connectivity index (χ1n) is 6.90. The highest BCUT2D eigenvalue weighted by Crippen LogP contribution is 2.21. The van der Waals surface area contributed by atoms with Gasteiger partial charge in [0, 0.05) is 31.6 Å². The van der Waals surface area contributed by atoms with Gasteiger partial charge in [-0.1, -0.05) is 0 Å². The molecule has 0 unspecified atom stereocenters. The number of benzene rings is 1. The summed E-state index contributed by atoms with van der Waals surface area (Å²) in [5.41, 5.74) is 0.794. The molecule has 1 saturated heterocycles. The Morgan fingerprint density at radius 3 is 2.90 bits per heavy atom. The largest absolute Gasteiger partial charge is 0.439 e. The van der Waals surface area contributed by atoms with E-state index in [2.05, 4.69) is 15.2 Å². The van der Waals surface area contributed by atoms with E-state index in [1.54, 1.807) is 18.3 Å². The van der Waals surface area contributed by atoms with Crippen LogP contribution in [0.25, 0.3) is 11.3 Å². The highest BCUT2D eigenvalue weighted by Gasteiger charge is 2.16. The number of aromatic nitrogens is 1. The second kappa shape index (κ2) is 6.05. The lowest BCUT2D eigenvalue weighted by Gasteiger charge is -2.16. The topological polar surface area (TPSA) is 58.4 Å². The third-order valence-corrected chi connectivity index (χ3v) is 3.45. The molecule has 21 heavy (non-hydrogen) atoms. The van der Waals surface area contributed by atoms with E-state index in [-0.39, 0.29) is 11.7 Å². The van der Waals surface area contributed by atoms with E-state index in [1.807, 2.05) is 0 Å². The molecule has 110 valence electrons. The van der Waals surface area contributed by atoms with Crippen molar-refractivity contribution in [2.45, 2.75) is 13.0 Å².